The summed E-state index contributed by atoms with van der Waals surface area (Å²) in [5.41, 5.74) is 0.253. The predicted molar refractivity (Wildman–Crippen MR) is 96.9 cm³/mol. The lowest BCUT2D eigenvalue weighted by Crippen LogP contribution is -2.25. The van der Waals surface area contributed by atoms with Gasteiger partial charge in [-0.15, -0.1) is 0 Å². The van der Waals surface area contributed by atoms with Crippen molar-refractivity contribution in [1.29, 1.82) is 0 Å². The van der Waals surface area contributed by atoms with E-state index in [1.165, 1.54) is 23.9 Å². The molecule has 0 spiro atoms. The Morgan fingerprint density at radius 1 is 1.38 bits per heavy atom. The number of nitrogens with one attached hydrogen (secondary N) is 1. The smallest absolute Gasteiger partial charge is 0.316 e. The van der Waals surface area contributed by atoms with Gasteiger partial charge in [0.1, 0.15) is 10.1 Å². The van der Waals surface area contributed by atoms with Crippen molar-refractivity contribution in [2.45, 2.75) is 12.8 Å². The first kappa shape index (κ1) is 19.0. The summed E-state index contributed by atoms with van der Waals surface area (Å²) in [6.45, 7) is 1.40. The van der Waals surface area contributed by atoms with Crippen molar-refractivity contribution in [2.75, 3.05) is 30.8 Å². The maximum atomic E-state index is 12.9. The summed E-state index contributed by atoms with van der Waals surface area (Å²) in [4.78, 5) is 25.4. The number of ether oxygens (including phenoxy) is 1. The molecule has 1 N–H and O–H groups in total. The molecule has 0 unspecified atom stereocenters. The van der Waals surface area contributed by atoms with Crippen molar-refractivity contribution in [3.63, 3.8) is 0 Å². The molecule has 2 rings (SSSR count). The number of benzene rings is 1. The van der Waals surface area contributed by atoms with E-state index in [1.54, 1.807) is 0 Å². The highest BCUT2D eigenvalue weighted by Gasteiger charge is 2.17. The number of hydrogen-bond acceptors (Lipinski definition) is 5. The molecule has 1 amide bonds. The predicted octanol–water partition coefficient (Wildman–Crippen LogP) is 3.07. The van der Waals surface area contributed by atoms with Crippen LogP contribution in [0, 0.1) is 5.82 Å². The Hall–Kier alpha value is -1.38. The average molecular weight is 391 g/mol. The van der Waals surface area contributed by atoms with Crippen LogP contribution in [0.5, 0.6) is 0 Å². The van der Waals surface area contributed by atoms with Crippen molar-refractivity contribution in [3.8, 4) is 0 Å². The van der Waals surface area contributed by atoms with E-state index < -0.39 is 24.3 Å². The van der Waals surface area contributed by atoms with Crippen LogP contribution in [0.25, 0.3) is 0 Å². The lowest BCUT2D eigenvalue weighted by molar-refractivity contribution is -0.144. The molecule has 0 aromatic heterocycles. The van der Waals surface area contributed by atoms with Crippen LogP contribution in [0.4, 0.5) is 10.1 Å². The normalized spacial score (nSPS) is 13.7. The highest BCUT2D eigenvalue weighted by molar-refractivity contribution is 8.23. The molecule has 0 saturated carbocycles. The molecule has 1 saturated heterocycles. The Morgan fingerprint density at radius 2 is 2.08 bits per heavy atom. The first-order valence-corrected chi connectivity index (χ1v) is 9.05. The minimum Gasteiger partial charge on any atom is -0.455 e. The number of rotatable bonds is 5. The van der Waals surface area contributed by atoms with Crippen LogP contribution in [0.15, 0.2) is 18.2 Å². The van der Waals surface area contributed by atoms with Gasteiger partial charge in [0.25, 0.3) is 5.91 Å². The van der Waals surface area contributed by atoms with Gasteiger partial charge >= 0.3 is 5.97 Å². The topological polar surface area (TPSA) is 58.6 Å². The number of carbonyl (C=O) groups is 2. The Balaban J connectivity index is 1.69. The molecule has 1 aliphatic heterocycles. The van der Waals surface area contributed by atoms with Gasteiger partial charge < -0.3 is 15.0 Å². The zero-order valence-corrected chi connectivity index (χ0v) is 15.1. The van der Waals surface area contributed by atoms with Crippen LogP contribution in [0.1, 0.15) is 12.8 Å². The van der Waals surface area contributed by atoms with E-state index in [9.17, 15) is 14.0 Å². The first-order valence-electron chi connectivity index (χ1n) is 7.28. The van der Waals surface area contributed by atoms with Gasteiger partial charge in [0.2, 0.25) is 0 Å². The molecule has 1 heterocycles. The fourth-order valence-corrected chi connectivity index (χ4v) is 3.34. The SMILES string of the molecule is O=C(COC(=O)CSC(=S)N1CCCC1)Nc1ccc(F)cc1Cl. The van der Waals surface area contributed by atoms with Gasteiger partial charge in [-0.25, -0.2) is 4.39 Å². The van der Waals surface area contributed by atoms with Gasteiger partial charge in [-0.3, -0.25) is 9.59 Å². The van der Waals surface area contributed by atoms with Gasteiger partial charge in [-0.1, -0.05) is 35.6 Å². The molecule has 5 nitrogen and oxygen atoms in total. The highest BCUT2D eigenvalue weighted by Crippen LogP contribution is 2.22. The van der Waals surface area contributed by atoms with E-state index >= 15 is 0 Å². The van der Waals surface area contributed by atoms with E-state index in [-0.39, 0.29) is 16.5 Å². The van der Waals surface area contributed by atoms with Crippen molar-refractivity contribution in [2.24, 2.45) is 0 Å². The third-order valence-electron chi connectivity index (χ3n) is 3.25. The Labute approximate surface area is 153 Å². The zero-order valence-electron chi connectivity index (χ0n) is 12.7. The standard InChI is InChI=1S/C15H16ClFN2O3S2/c16-11-7-10(17)3-4-12(11)18-13(20)8-22-14(21)9-24-15(23)19-5-1-2-6-19/h3-4,7H,1-2,5-6,8-9H2,(H,18,20). The monoisotopic (exact) mass is 390 g/mol. The third kappa shape index (κ3) is 5.92. The van der Waals surface area contributed by atoms with Crippen molar-refractivity contribution < 1.29 is 18.7 Å². The van der Waals surface area contributed by atoms with E-state index in [4.69, 9.17) is 28.6 Å². The molecule has 1 fully saturated rings. The maximum Gasteiger partial charge on any atom is 0.316 e. The lowest BCUT2D eigenvalue weighted by atomic mass is 10.3. The summed E-state index contributed by atoms with van der Waals surface area (Å²) in [5.74, 6) is -1.53. The third-order valence-corrected chi connectivity index (χ3v) is 5.06. The van der Waals surface area contributed by atoms with Crippen LogP contribution in [0.3, 0.4) is 0 Å². The lowest BCUT2D eigenvalue weighted by Gasteiger charge is -2.17. The fourth-order valence-electron chi connectivity index (χ4n) is 2.08. The Bertz CT molecular complexity index is 639. The molecule has 0 bridgehead atoms. The molecular formula is C15H16ClFN2O3S2. The fraction of sp³-hybridized carbons (Fsp3) is 0.400. The molecule has 9 heteroatoms. The minimum atomic E-state index is -0.552. The Morgan fingerprint density at radius 3 is 2.75 bits per heavy atom. The molecule has 1 aromatic carbocycles. The molecule has 130 valence electrons. The second-order valence-electron chi connectivity index (χ2n) is 5.08. The van der Waals surface area contributed by atoms with Crippen molar-refractivity contribution in [3.05, 3.63) is 29.0 Å². The quantitative estimate of drug-likeness (QED) is 0.616. The Kier molecular flexibility index (Phi) is 7.26. The van der Waals surface area contributed by atoms with E-state index in [1.807, 2.05) is 0 Å². The van der Waals surface area contributed by atoms with E-state index in [0.717, 1.165) is 32.0 Å². The molecule has 0 aliphatic carbocycles. The van der Waals surface area contributed by atoms with Gasteiger partial charge in [0, 0.05) is 13.1 Å². The number of likely N-dealkylation sites (tertiary alicyclic amines) is 1. The zero-order chi connectivity index (χ0) is 17.5. The van der Waals surface area contributed by atoms with Gasteiger partial charge in [-0.2, -0.15) is 0 Å². The molecule has 1 aromatic rings. The average Bonchev–Trinajstić information content (AvgIpc) is 3.08. The number of thioether (sulfide) groups is 1. The molecule has 24 heavy (non-hydrogen) atoms. The molecular weight excluding hydrogens is 375 g/mol. The minimum absolute atomic E-state index is 0.0555. The molecule has 1 aliphatic rings. The summed E-state index contributed by atoms with van der Waals surface area (Å²) < 4.78 is 18.5. The number of esters is 1. The number of halogens is 2. The number of anilines is 1. The van der Waals surface area contributed by atoms with Crippen LogP contribution in [-0.4, -0.2) is 46.5 Å². The second-order valence-corrected chi connectivity index (χ2v) is 7.10. The summed E-state index contributed by atoms with van der Waals surface area (Å²) in [5, 5.41) is 2.52. The number of thiocarbonyl (C=S) groups is 1. The molecule has 0 atom stereocenters. The van der Waals surface area contributed by atoms with Crippen molar-refractivity contribution >= 4 is 57.5 Å². The van der Waals surface area contributed by atoms with Gasteiger partial charge in [-0.05, 0) is 31.0 Å². The summed E-state index contributed by atoms with van der Waals surface area (Å²) in [6.07, 6.45) is 2.22. The summed E-state index contributed by atoms with van der Waals surface area (Å²) >= 11 is 12.3. The highest BCUT2D eigenvalue weighted by atomic mass is 35.5. The largest absolute Gasteiger partial charge is 0.455 e. The maximum absolute atomic E-state index is 12.9. The van der Waals surface area contributed by atoms with Crippen LogP contribution in [-0.2, 0) is 14.3 Å². The van der Waals surface area contributed by atoms with Crippen molar-refractivity contribution in [1.82, 2.24) is 4.90 Å². The van der Waals surface area contributed by atoms with Crippen LogP contribution in [0.2, 0.25) is 5.02 Å². The van der Waals surface area contributed by atoms with Crippen LogP contribution < -0.4 is 5.32 Å². The second kappa shape index (κ2) is 9.19. The number of amides is 1. The molecule has 0 radical (unpaired) electrons. The van der Waals surface area contributed by atoms with Gasteiger partial charge in [0.15, 0.2) is 6.61 Å². The number of nitrogens with zero attached hydrogens (tertiary/aromatic N) is 1. The summed E-state index contributed by atoms with van der Waals surface area (Å²) in [6, 6.07) is 3.59. The van der Waals surface area contributed by atoms with Gasteiger partial charge in [0.05, 0.1) is 16.5 Å². The number of carbonyl (C=O) groups excluding carboxylic acids is 2. The van der Waals surface area contributed by atoms with E-state index in [2.05, 4.69) is 10.2 Å². The number of hydrogen-bond donors (Lipinski definition) is 1. The first-order chi connectivity index (χ1) is 11.5. The van der Waals surface area contributed by atoms with Crippen LogP contribution >= 0.6 is 35.6 Å². The van der Waals surface area contributed by atoms with E-state index in [0.29, 0.717) is 4.32 Å². The summed E-state index contributed by atoms with van der Waals surface area (Å²) in [7, 11) is 0.